The molecule has 0 aromatic rings. The van der Waals surface area contributed by atoms with E-state index in [2.05, 4.69) is 0 Å². The molecular formula is C8H9F6NO4. The molecule has 0 heterocycles. The minimum atomic E-state index is -5.81. The number of rotatable bonds is 5. The van der Waals surface area contributed by atoms with Crippen molar-refractivity contribution in [3.05, 3.63) is 0 Å². The van der Waals surface area contributed by atoms with Crippen molar-refractivity contribution < 1.29 is 46.1 Å². The Morgan fingerprint density at radius 3 is 1.79 bits per heavy atom. The molecule has 0 fully saturated rings. The molecular weight excluding hydrogens is 288 g/mol. The van der Waals surface area contributed by atoms with Gasteiger partial charge in [-0.05, 0) is 0 Å². The smallest absolute Gasteiger partial charge is 0.409 e. The number of hydrogen-bond donors (Lipinski definition) is 3. The van der Waals surface area contributed by atoms with Crippen LogP contribution in [0.3, 0.4) is 0 Å². The van der Waals surface area contributed by atoms with E-state index in [9.17, 15) is 35.9 Å². The van der Waals surface area contributed by atoms with Crippen LogP contribution in [-0.2, 0) is 9.59 Å². The highest BCUT2D eigenvalue weighted by Crippen LogP contribution is 2.39. The molecule has 0 bridgehead atoms. The number of aliphatic carboxylic acids is 1. The topological polar surface area (TPSA) is 86.6 Å². The van der Waals surface area contributed by atoms with Gasteiger partial charge in [0.1, 0.15) is 0 Å². The highest BCUT2D eigenvalue weighted by atomic mass is 19.4. The van der Waals surface area contributed by atoms with E-state index in [1.54, 1.807) is 0 Å². The van der Waals surface area contributed by atoms with Crippen molar-refractivity contribution in [3.63, 3.8) is 0 Å². The van der Waals surface area contributed by atoms with Crippen molar-refractivity contribution in [3.8, 4) is 0 Å². The van der Waals surface area contributed by atoms with Crippen LogP contribution in [0.25, 0.3) is 0 Å². The van der Waals surface area contributed by atoms with Crippen LogP contribution in [0.2, 0.25) is 0 Å². The van der Waals surface area contributed by atoms with Gasteiger partial charge < -0.3 is 15.5 Å². The largest absolute Gasteiger partial charge is 0.479 e. The number of amides is 1. The average Bonchev–Trinajstić information content (AvgIpc) is 2.11. The maximum absolute atomic E-state index is 12.1. The van der Waals surface area contributed by atoms with Crippen molar-refractivity contribution in [1.29, 1.82) is 0 Å². The molecule has 0 rings (SSSR count). The Hall–Kier alpha value is -1.52. The van der Waals surface area contributed by atoms with Gasteiger partial charge in [0.2, 0.25) is 11.8 Å². The highest BCUT2D eigenvalue weighted by Gasteiger charge is 2.60. The Labute approximate surface area is 102 Å². The number of carbonyl (C=O) groups excluding carboxylic acids is 1. The van der Waals surface area contributed by atoms with Gasteiger partial charge >= 0.3 is 18.3 Å². The van der Waals surface area contributed by atoms with Crippen molar-refractivity contribution in [2.24, 2.45) is 5.92 Å². The summed E-state index contributed by atoms with van der Waals surface area (Å²) in [6.07, 6.45) is -14.3. The van der Waals surface area contributed by atoms with Gasteiger partial charge in [0, 0.05) is 13.0 Å². The summed E-state index contributed by atoms with van der Waals surface area (Å²) in [6.45, 7) is -0.838. The Kier molecular flexibility index (Phi) is 5.60. The summed E-state index contributed by atoms with van der Waals surface area (Å²) >= 11 is 0. The van der Waals surface area contributed by atoms with Crippen LogP contribution in [0.4, 0.5) is 26.3 Å². The van der Waals surface area contributed by atoms with Crippen LogP contribution in [0.15, 0.2) is 0 Å². The minimum absolute atomic E-state index is 0.719. The van der Waals surface area contributed by atoms with E-state index < -0.39 is 49.2 Å². The summed E-state index contributed by atoms with van der Waals surface area (Å²) < 4.78 is 72.3. The molecule has 112 valence electrons. The van der Waals surface area contributed by atoms with Gasteiger partial charge in [-0.1, -0.05) is 0 Å². The van der Waals surface area contributed by atoms with E-state index in [0.717, 1.165) is 0 Å². The van der Waals surface area contributed by atoms with Crippen LogP contribution in [0.5, 0.6) is 0 Å². The van der Waals surface area contributed by atoms with Crippen molar-refractivity contribution in [1.82, 2.24) is 5.32 Å². The van der Waals surface area contributed by atoms with Crippen molar-refractivity contribution >= 4 is 11.9 Å². The molecule has 0 aromatic heterocycles. The van der Waals surface area contributed by atoms with Crippen molar-refractivity contribution in [2.75, 3.05) is 6.54 Å². The SMILES string of the molecule is O=C(O)C(O)CCNC(=O)C(C(F)(F)F)C(F)(F)F. The summed E-state index contributed by atoms with van der Waals surface area (Å²) in [7, 11) is 0. The third-order valence-electron chi connectivity index (χ3n) is 1.92. The van der Waals surface area contributed by atoms with Crippen LogP contribution in [0, 0.1) is 5.92 Å². The van der Waals surface area contributed by atoms with Crippen LogP contribution in [-0.4, -0.2) is 47.1 Å². The van der Waals surface area contributed by atoms with E-state index in [0.29, 0.717) is 0 Å². The molecule has 0 aromatic carbocycles. The number of aliphatic hydroxyl groups is 1. The molecule has 0 aliphatic rings. The molecule has 5 nitrogen and oxygen atoms in total. The Bertz CT molecular complexity index is 325. The zero-order valence-corrected chi connectivity index (χ0v) is 9.05. The maximum atomic E-state index is 12.1. The number of carbonyl (C=O) groups is 2. The fraction of sp³-hybridized carbons (Fsp3) is 0.750. The van der Waals surface area contributed by atoms with Crippen LogP contribution >= 0.6 is 0 Å². The van der Waals surface area contributed by atoms with Gasteiger partial charge in [0.05, 0.1) is 0 Å². The molecule has 3 N–H and O–H groups in total. The molecule has 1 unspecified atom stereocenters. The molecule has 1 atom stereocenters. The lowest BCUT2D eigenvalue weighted by molar-refractivity contribution is -0.274. The molecule has 0 aliphatic carbocycles. The van der Waals surface area contributed by atoms with Gasteiger partial charge in [-0.3, -0.25) is 4.79 Å². The normalized spacial score (nSPS) is 14.3. The zero-order chi connectivity index (χ0) is 15.4. The third kappa shape index (κ3) is 5.77. The highest BCUT2D eigenvalue weighted by molar-refractivity contribution is 5.80. The maximum Gasteiger partial charge on any atom is 0.409 e. The van der Waals surface area contributed by atoms with Gasteiger partial charge in [-0.25, -0.2) is 4.79 Å². The first kappa shape index (κ1) is 17.5. The average molecular weight is 297 g/mol. The second-order valence-corrected chi connectivity index (χ2v) is 3.45. The summed E-state index contributed by atoms with van der Waals surface area (Å²) in [6, 6.07) is 0. The third-order valence-corrected chi connectivity index (χ3v) is 1.92. The van der Waals surface area contributed by atoms with Crippen molar-refractivity contribution in [2.45, 2.75) is 24.9 Å². The fourth-order valence-electron chi connectivity index (χ4n) is 1.04. The van der Waals surface area contributed by atoms with E-state index in [4.69, 9.17) is 10.2 Å². The Morgan fingerprint density at radius 1 is 1.05 bits per heavy atom. The first-order chi connectivity index (χ1) is 8.37. The summed E-state index contributed by atoms with van der Waals surface area (Å²) in [4.78, 5) is 20.9. The van der Waals surface area contributed by atoms with Gasteiger partial charge in [0.25, 0.3) is 0 Å². The molecule has 0 aliphatic heterocycles. The first-order valence-corrected chi connectivity index (χ1v) is 4.69. The summed E-state index contributed by atoms with van der Waals surface area (Å²) in [5.74, 6) is -8.25. The summed E-state index contributed by atoms with van der Waals surface area (Å²) in [5, 5.41) is 18.2. The van der Waals surface area contributed by atoms with E-state index >= 15 is 0 Å². The van der Waals surface area contributed by atoms with E-state index in [1.807, 2.05) is 0 Å². The standard InChI is InChI=1S/C8H9F6NO4/c9-7(10,11)4(8(12,13)14)5(17)15-2-1-3(16)6(18)19/h3-4,16H,1-2H2,(H,15,17)(H,18,19). The minimum Gasteiger partial charge on any atom is -0.479 e. The van der Waals surface area contributed by atoms with E-state index in [1.165, 1.54) is 5.32 Å². The second kappa shape index (κ2) is 6.08. The number of carboxylic acids is 1. The lowest BCUT2D eigenvalue weighted by Crippen LogP contribution is -2.48. The van der Waals surface area contributed by atoms with E-state index in [-0.39, 0.29) is 0 Å². The molecule has 0 saturated heterocycles. The Balaban J connectivity index is 4.57. The fourth-order valence-corrected chi connectivity index (χ4v) is 1.04. The number of nitrogens with one attached hydrogen (secondary N) is 1. The molecule has 0 saturated carbocycles. The van der Waals surface area contributed by atoms with Gasteiger partial charge in [-0.15, -0.1) is 0 Å². The summed E-state index contributed by atoms with van der Waals surface area (Å²) in [5.41, 5.74) is 0. The quantitative estimate of drug-likeness (QED) is 0.651. The monoisotopic (exact) mass is 297 g/mol. The van der Waals surface area contributed by atoms with Gasteiger partial charge in [0.15, 0.2) is 6.10 Å². The predicted octanol–water partition coefficient (Wildman–Crippen LogP) is 0.679. The lowest BCUT2D eigenvalue weighted by Gasteiger charge is -2.22. The van der Waals surface area contributed by atoms with Crippen LogP contribution in [0.1, 0.15) is 6.42 Å². The predicted molar refractivity (Wildman–Crippen MR) is 46.9 cm³/mol. The number of alkyl halides is 6. The molecule has 11 heteroatoms. The first-order valence-electron chi connectivity index (χ1n) is 4.69. The Morgan fingerprint density at radius 2 is 1.47 bits per heavy atom. The van der Waals surface area contributed by atoms with Crippen LogP contribution < -0.4 is 5.32 Å². The lowest BCUT2D eigenvalue weighted by atomic mass is 10.1. The number of hydrogen-bond acceptors (Lipinski definition) is 3. The number of halogens is 6. The number of carboxylic acid groups (broad SMARTS) is 1. The molecule has 1 amide bonds. The molecule has 0 spiro atoms. The zero-order valence-electron chi connectivity index (χ0n) is 9.05. The van der Waals surface area contributed by atoms with Gasteiger partial charge in [-0.2, -0.15) is 26.3 Å². The molecule has 0 radical (unpaired) electrons. The number of aliphatic hydroxyl groups excluding tert-OH is 1. The molecule has 19 heavy (non-hydrogen) atoms. The second-order valence-electron chi connectivity index (χ2n) is 3.45.